The number of alkyl halides is 3. The topological polar surface area (TPSA) is 76.1 Å². The van der Waals surface area contributed by atoms with Crippen LogP contribution >= 0.6 is 0 Å². The van der Waals surface area contributed by atoms with Crippen molar-refractivity contribution in [3.63, 3.8) is 0 Å². The first-order valence-electron chi connectivity index (χ1n) is 10.1. The van der Waals surface area contributed by atoms with Gasteiger partial charge in [0.25, 0.3) is 11.7 Å². The van der Waals surface area contributed by atoms with Gasteiger partial charge in [0.1, 0.15) is 17.3 Å². The minimum absolute atomic E-state index is 0.157. The maximum atomic E-state index is 13.1. The molecule has 34 heavy (non-hydrogen) atoms. The number of aliphatic hydroxyl groups excluding tert-OH is 1. The molecule has 174 valence electrons. The Morgan fingerprint density at radius 1 is 0.912 bits per heavy atom. The molecule has 1 saturated heterocycles. The number of hydrogen-bond donors (Lipinski definition) is 1. The van der Waals surface area contributed by atoms with Gasteiger partial charge in [-0.25, -0.2) is 0 Å². The van der Waals surface area contributed by atoms with Crippen LogP contribution in [0.1, 0.15) is 17.2 Å². The van der Waals surface area contributed by atoms with Crippen LogP contribution in [0.3, 0.4) is 0 Å². The van der Waals surface area contributed by atoms with Gasteiger partial charge in [-0.3, -0.25) is 14.5 Å². The second-order valence-electron chi connectivity index (χ2n) is 7.32. The Hall–Kier alpha value is -4.27. The number of benzene rings is 3. The second kappa shape index (κ2) is 8.93. The van der Waals surface area contributed by atoms with Gasteiger partial charge in [0.2, 0.25) is 0 Å². The van der Waals surface area contributed by atoms with Gasteiger partial charge < -0.3 is 14.6 Å². The number of halogens is 3. The molecular weight excluding hydrogens is 451 g/mol. The summed E-state index contributed by atoms with van der Waals surface area (Å²) in [5.41, 5.74) is 0.729. The number of anilines is 1. The van der Waals surface area contributed by atoms with Crippen molar-refractivity contribution in [3.8, 4) is 11.5 Å². The van der Waals surface area contributed by atoms with Gasteiger partial charge in [0.05, 0.1) is 24.3 Å². The van der Waals surface area contributed by atoms with Crippen LogP contribution in [0.4, 0.5) is 18.9 Å². The van der Waals surface area contributed by atoms with Crippen molar-refractivity contribution in [1.82, 2.24) is 0 Å². The van der Waals surface area contributed by atoms with E-state index in [1.165, 1.54) is 19.2 Å². The molecule has 0 saturated carbocycles. The standard InChI is InChI=1S/C25H18F3NO5/c1-33-19-10-6-5-9-18(19)22(30)20-21(15-7-3-2-4-8-15)29(24(32)23(20)31)16-11-13-17(14-12-16)34-25(26,27)28/h2-14,21,30H,1H3/b22-20-. The van der Waals surface area contributed by atoms with E-state index < -0.39 is 35.6 Å². The third-order valence-electron chi connectivity index (χ3n) is 5.27. The quantitative estimate of drug-likeness (QED) is 0.315. The van der Waals surface area contributed by atoms with E-state index in [9.17, 15) is 27.9 Å². The molecule has 0 radical (unpaired) electrons. The number of carbonyl (C=O) groups excluding carboxylic acids is 2. The molecular formula is C25H18F3NO5. The summed E-state index contributed by atoms with van der Waals surface area (Å²) in [6.07, 6.45) is -4.87. The zero-order valence-electron chi connectivity index (χ0n) is 17.7. The summed E-state index contributed by atoms with van der Waals surface area (Å²) in [5, 5.41) is 11.1. The first-order chi connectivity index (χ1) is 16.2. The van der Waals surface area contributed by atoms with E-state index in [2.05, 4.69) is 4.74 Å². The van der Waals surface area contributed by atoms with Crippen LogP contribution in [0.15, 0.2) is 84.4 Å². The summed E-state index contributed by atoms with van der Waals surface area (Å²) < 4.78 is 46.8. The zero-order chi connectivity index (χ0) is 24.5. The summed E-state index contributed by atoms with van der Waals surface area (Å²) in [4.78, 5) is 27.3. The number of amides is 1. The van der Waals surface area contributed by atoms with Crippen LogP contribution in [0.5, 0.6) is 11.5 Å². The molecule has 1 aliphatic rings. The van der Waals surface area contributed by atoms with Crippen molar-refractivity contribution in [1.29, 1.82) is 0 Å². The lowest BCUT2D eigenvalue weighted by Crippen LogP contribution is -2.29. The average molecular weight is 469 g/mol. The zero-order valence-corrected chi connectivity index (χ0v) is 17.7. The Bertz CT molecular complexity index is 1250. The highest BCUT2D eigenvalue weighted by atomic mass is 19.4. The molecule has 6 nitrogen and oxygen atoms in total. The number of rotatable bonds is 5. The number of methoxy groups -OCH3 is 1. The minimum Gasteiger partial charge on any atom is -0.507 e. The molecule has 0 bridgehead atoms. The Morgan fingerprint density at radius 2 is 1.53 bits per heavy atom. The van der Waals surface area contributed by atoms with E-state index in [4.69, 9.17) is 4.74 Å². The largest absolute Gasteiger partial charge is 0.573 e. The van der Waals surface area contributed by atoms with Crippen molar-refractivity contribution < 1.29 is 37.3 Å². The van der Waals surface area contributed by atoms with Gasteiger partial charge in [-0.2, -0.15) is 0 Å². The molecule has 1 atom stereocenters. The lowest BCUT2D eigenvalue weighted by Gasteiger charge is -2.25. The number of carbonyl (C=O) groups is 2. The third-order valence-corrected chi connectivity index (χ3v) is 5.27. The molecule has 1 fully saturated rings. The van der Waals surface area contributed by atoms with Gasteiger partial charge in [-0.1, -0.05) is 42.5 Å². The van der Waals surface area contributed by atoms with Gasteiger partial charge in [0, 0.05) is 5.69 Å². The van der Waals surface area contributed by atoms with Crippen LogP contribution in [0.25, 0.3) is 5.76 Å². The van der Waals surface area contributed by atoms with Crippen molar-refractivity contribution in [2.45, 2.75) is 12.4 Å². The highest BCUT2D eigenvalue weighted by Gasteiger charge is 2.47. The monoisotopic (exact) mass is 469 g/mol. The number of ketones is 1. The third kappa shape index (κ3) is 4.32. The lowest BCUT2D eigenvalue weighted by molar-refractivity contribution is -0.274. The first-order valence-corrected chi connectivity index (χ1v) is 10.1. The number of Topliss-reactive ketones (excluding diaryl/α,β-unsaturated/α-hetero) is 1. The first kappa shape index (κ1) is 22.9. The molecule has 9 heteroatoms. The number of hydrogen-bond acceptors (Lipinski definition) is 5. The number of ether oxygens (including phenoxy) is 2. The minimum atomic E-state index is -4.87. The van der Waals surface area contributed by atoms with Crippen molar-refractivity contribution >= 4 is 23.1 Å². The smallest absolute Gasteiger partial charge is 0.507 e. The predicted molar refractivity (Wildman–Crippen MR) is 117 cm³/mol. The Kier molecular flexibility index (Phi) is 6.02. The fraction of sp³-hybridized carbons (Fsp3) is 0.120. The average Bonchev–Trinajstić information content (AvgIpc) is 3.09. The van der Waals surface area contributed by atoms with Crippen LogP contribution in [-0.4, -0.2) is 30.3 Å². The van der Waals surface area contributed by atoms with E-state index in [1.807, 2.05) is 0 Å². The molecule has 0 aliphatic carbocycles. The van der Waals surface area contributed by atoms with E-state index in [1.54, 1.807) is 54.6 Å². The maximum Gasteiger partial charge on any atom is 0.573 e. The van der Waals surface area contributed by atoms with Crippen LogP contribution < -0.4 is 14.4 Å². The maximum absolute atomic E-state index is 13.1. The molecule has 0 spiro atoms. The van der Waals surface area contributed by atoms with Crippen LogP contribution in [-0.2, 0) is 9.59 Å². The number of aliphatic hydroxyl groups is 1. The summed E-state index contributed by atoms with van der Waals surface area (Å²) >= 11 is 0. The Morgan fingerprint density at radius 3 is 2.15 bits per heavy atom. The van der Waals surface area contributed by atoms with Gasteiger partial charge in [0.15, 0.2) is 0 Å². The Balaban J connectivity index is 1.86. The van der Waals surface area contributed by atoms with Crippen molar-refractivity contribution in [2.24, 2.45) is 0 Å². The number of para-hydroxylation sites is 1. The van der Waals surface area contributed by atoms with E-state index in [0.717, 1.165) is 17.0 Å². The van der Waals surface area contributed by atoms with Crippen LogP contribution in [0, 0.1) is 0 Å². The van der Waals surface area contributed by atoms with E-state index >= 15 is 0 Å². The van der Waals surface area contributed by atoms with Gasteiger partial charge in [-0.15, -0.1) is 13.2 Å². The highest BCUT2D eigenvalue weighted by molar-refractivity contribution is 6.51. The molecule has 0 aromatic heterocycles. The molecule has 4 rings (SSSR count). The van der Waals surface area contributed by atoms with Gasteiger partial charge >= 0.3 is 6.36 Å². The predicted octanol–water partition coefficient (Wildman–Crippen LogP) is 5.22. The number of nitrogens with zero attached hydrogens (tertiary/aromatic N) is 1. The van der Waals surface area contributed by atoms with E-state index in [0.29, 0.717) is 11.3 Å². The van der Waals surface area contributed by atoms with Crippen LogP contribution in [0.2, 0.25) is 0 Å². The molecule has 1 unspecified atom stereocenters. The molecule has 1 N–H and O–H groups in total. The summed E-state index contributed by atoms with van der Waals surface area (Å²) in [5.74, 6) is -2.48. The lowest BCUT2D eigenvalue weighted by atomic mass is 9.95. The second-order valence-corrected chi connectivity index (χ2v) is 7.32. The molecule has 1 amide bonds. The normalized spacial score (nSPS) is 17.6. The molecule has 3 aromatic carbocycles. The van der Waals surface area contributed by atoms with E-state index in [-0.39, 0.29) is 16.8 Å². The molecule has 1 aliphatic heterocycles. The Labute approximate surface area is 192 Å². The summed E-state index contributed by atoms with van der Waals surface area (Å²) in [6.45, 7) is 0. The van der Waals surface area contributed by atoms with Crippen molar-refractivity contribution in [3.05, 3.63) is 95.6 Å². The fourth-order valence-corrected chi connectivity index (χ4v) is 3.84. The molecule has 1 heterocycles. The molecule has 3 aromatic rings. The SMILES string of the molecule is COc1ccccc1/C(O)=C1/C(=O)C(=O)N(c2ccc(OC(F)(F)F)cc2)C1c1ccccc1. The van der Waals surface area contributed by atoms with Crippen molar-refractivity contribution in [2.75, 3.05) is 12.0 Å². The summed E-state index contributed by atoms with van der Waals surface area (Å²) in [6, 6.07) is 18.6. The fourth-order valence-electron chi connectivity index (χ4n) is 3.84. The highest BCUT2D eigenvalue weighted by Crippen LogP contribution is 2.43. The van der Waals surface area contributed by atoms with Gasteiger partial charge in [-0.05, 0) is 42.0 Å². The summed E-state index contributed by atoms with van der Waals surface area (Å²) in [7, 11) is 1.41.